The fourth-order valence-corrected chi connectivity index (χ4v) is 8.07. The highest BCUT2D eigenvalue weighted by atomic mass is 35.5. The van der Waals surface area contributed by atoms with Gasteiger partial charge in [0, 0.05) is 11.7 Å². The van der Waals surface area contributed by atoms with Crippen LogP contribution in [0.5, 0.6) is 0 Å². The van der Waals surface area contributed by atoms with Crippen LogP contribution < -0.4 is 10.0 Å². The van der Waals surface area contributed by atoms with Crippen molar-refractivity contribution in [2.75, 3.05) is 5.32 Å². The molecule has 1 aliphatic heterocycles. The van der Waals surface area contributed by atoms with Gasteiger partial charge in [0.1, 0.15) is 9.84 Å². The summed E-state index contributed by atoms with van der Waals surface area (Å²) < 4.78 is 34.3. The summed E-state index contributed by atoms with van der Waals surface area (Å²) in [5.74, 6) is 0.501. The summed E-state index contributed by atoms with van der Waals surface area (Å²) in [5, 5.41) is 2.81. The molecule has 2 aliphatic carbocycles. The highest BCUT2D eigenvalue weighted by molar-refractivity contribution is 8.19. The van der Waals surface area contributed by atoms with Gasteiger partial charge in [-0.3, -0.25) is 5.32 Å². The quantitative estimate of drug-likeness (QED) is 0.588. The third-order valence-corrected chi connectivity index (χ3v) is 9.53. The Morgan fingerprint density at radius 1 is 1.16 bits per heavy atom. The summed E-state index contributed by atoms with van der Waals surface area (Å²) in [7, 11) is -3.55. The Bertz CT molecular complexity index is 1000. The smallest absolute Gasteiger partial charge is 0.412 e. The van der Waals surface area contributed by atoms with E-state index in [4.69, 9.17) is 16.3 Å². The third kappa shape index (κ3) is 5.41. The molecule has 170 valence electrons. The highest BCUT2D eigenvalue weighted by Gasteiger charge is 2.42. The number of halogens is 1. The molecule has 4 rings (SSSR count). The number of carbonyl (C=O) groups excluding carboxylic acids is 1. The standard InChI is InChI=1S/C22H29ClN2O4S2/c1-22(2,3)29-21(26)24-17-7-6-13-10-14-4-5-15(11-16(13)12-17)20(14)25-31(27,28)19-9-8-18(23)30-19/h6-7,9,12,14-15,18,20,25H,4-5,8,10-11H2,1-3H3,(H,24,26). The number of benzene rings is 1. The average molecular weight is 485 g/mol. The summed E-state index contributed by atoms with van der Waals surface area (Å²) in [4.78, 5) is 12.1. The van der Waals surface area contributed by atoms with Gasteiger partial charge < -0.3 is 4.74 Å². The van der Waals surface area contributed by atoms with Crippen LogP contribution in [0.25, 0.3) is 0 Å². The van der Waals surface area contributed by atoms with E-state index in [0.29, 0.717) is 16.3 Å². The molecule has 2 N–H and O–H groups in total. The van der Waals surface area contributed by atoms with Gasteiger partial charge in [0.2, 0.25) is 10.0 Å². The minimum atomic E-state index is -3.55. The van der Waals surface area contributed by atoms with Crippen molar-refractivity contribution < 1.29 is 17.9 Å². The van der Waals surface area contributed by atoms with Crippen LogP contribution in [0.2, 0.25) is 0 Å². The fraction of sp³-hybridized carbons (Fsp3) is 0.591. The van der Waals surface area contributed by atoms with Gasteiger partial charge in [0.25, 0.3) is 0 Å². The van der Waals surface area contributed by atoms with Crippen LogP contribution in [0.15, 0.2) is 28.5 Å². The first-order valence-electron chi connectivity index (χ1n) is 10.7. The van der Waals surface area contributed by atoms with Gasteiger partial charge in [-0.1, -0.05) is 23.9 Å². The number of allylic oxidation sites excluding steroid dienone is 1. The largest absolute Gasteiger partial charge is 0.444 e. The van der Waals surface area contributed by atoms with Gasteiger partial charge in [0.05, 0.1) is 4.71 Å². The molecular formula is C22H29ClN2O4S2. The second kappa shape index (κ2) is 8.61. The van der Waals surface area contributed by atoms with Gasteiger partial charge >= 0.3 is 6.09 Å². The molecule has 0 radical (unpaired) electrons. The molecule has 2 bridgehead atoms. The number of thioether (sulfide) groups is 1. The van der Waals surface area contributed by atoms with Crippen LogP contribution in [-0.2, 0) is 27.6 Å². The molecule has 1 aromatic rings. The van der Waals surface area contributed by atoms with E-state index in [1.807, 2.05) is 39.0 Å². The SMILES string of the molecule is CC(C)(C)OC(=O)Nc1ccc2c(c1)CC1CCC(C2)C1NS(=O)(=O)C1=CCC(Cl)S1. The lowest BCUT2D eigenvalue weighted by Crippen LogP contribution is -2.41. The predicted molar refractivity (Wildman–Crippen MR) is 126 cm³/mol. The Morgan fingerprint density at radius 2 is 1.84 bits per heavy atom. The Balaban J connectivity index is 1.48. The van der Waals surface area contributed by atoms with E-state index in [1.54, 1.807) is 6.08 Å². The molecule has 1 aromatic carbocycles. The molecule has 1 saturated carbocycles. The molecule has 1 fully saturated rings. The second-order valence-electron chi connectivity index (χ2n) is 9.55. The maximum absolute atomic E-state index is 12.9. The zero-order chi connectivity index (χ0) is 22.4. The maximum atomic E-state index is 12.9. The Hall–Kier alpha value is -1.22. The van der Waals surface area contributed by atoms with Crippen molar-refractivity contribution >= 4 is 45.2 Å². The lowest BCUT2D eigenvalue weighted by Gasteiger charge is -2.23. The number of anilines is 1. The van der Waals surface area contributed by atoms with Crippen molar-refractivity contribution in [3.05, 3.63) is 39.6 Å². The van der Waals surface area contributed by atoms with Crippen LogP contribution in [0, 0.1) is 11.8 Å². The van der Waals surface area contributed by atoms with Gasteiger partial charge in [-0.15, -0.1) is 11.6 Å². The Labute approximate surface area is 193 Å². The topological polar surface area (TPSA) is 84.5 Å². The summed E-state index contributed by atoms with van der Waals surface area (Å²) in [6, 6.07) is 5.85. The normalized spacial score (nSPS) is 27.9. The third-order valence-electron chi connectivity index (χ3n) is 6.01. The number of fused-ring (bicyclic) bond motifs is 3. The number of hydrogen-bond donors (Lipinski definition) is 2. The number of nitrogens with one attached hydrogen (secondary N) is 2. The van der Waals surface area contributed by atoms with Gasteiger partial charge in [0.15, 0.2) is 0 Å². The van der Waals surface area contributed by atoms with E-state index in [9.17, 15) is 13.2 Å². The van der Waals surface area contributed by atoms with E-state index in [-0.39, 0.29) is 22.6 Å². The molecule has 9 heteroatoms. The molecule has 1 heterocycles. The highest BCUT2D eigenvalue weighted by Crippen LogP contribution is 2.43. The number of amides is 1. The Kier molecular flexibility index (Phi) is 6.38. The number of rotatable bonds is 4. The lowest BCUT2D eigenvalue weighted by molar-refractivity contribution is 0.0636. The zero-order valence-corrected chi connectivity index (χ0v) is 20.4. The van der Waals surface area contributed by atoms with Crippen molar-refractivity contribution in [1.29, 1.82) is 0 Å². The molecule has 4 atom stereocenters. The van der Waals surface area contributed by atoms with E-state index in [0.717, 1.165) is 25.7 Å². The van der Waals surface area contributed by atoms with E-state index < -0.39 is 21.7 Å². The first-order chi connectivity index (χ1) is 14.5. The molecule has 31 heavy (non-hydrogen) atoms. The van der Waals surface area contributed by atoms with Crippen molar-refractivity contribution in [2.24, 2.45) is 11.8 Å². The van der Waals surface area contributed by atoms with Gasteiger partial charge in [-0.05, 0) is 88.0 Å². The summed E-state index contributed by atoms with van der Waals surface area (Å²) >= 11 is 7.29. The van der Waals surface area contributed by atoms with E-state index in [2.05, 4.69) is 10.0 Å². The summed E-state index contributed by atoms with van der Waals surface area (Å²) in [6.45, 7) is 5.48. The van der Waals surface area contributed by atoms with Gasteiger partial charge in [-0.25, -0.2) is 17.9 Å². The predicted octanol–water partition coefficient (Wildman–Crippen LogP) is 4.99. The van der Waals surface area contributed by atoms with E-state index in [1.165, 1.54) is 22.9 Å². The van der Waals surface area contributed by atoms with E-state index >= 15 is 0 Å². The van der Waals surface area contributed by atoms with Crippen LogP contribution >= 0.6 is 23.4 Å². The number of carbonyl (C=O) groups is 1. The molecule has 1 amide bonds. The maximum Gasteiger partial charge on any atom is 0.412 e. The van der Waals surface area contributed by atoms with Crippen molar-refractivity contribution in [1.82, 2.24) is 4.72 Å². The molecule has 0 saturated heterocycles. The number of hydrogen-bond acceptors (Lipinski definition) is 5. The van der Waals surface area contributed by atoms with Crippen molar-refractivity contribution in [3.8, 4) is 0 Å². The van der Waals surface area contributed by atoms with Crippen LogP contribution in [-0.4, -0.2) is 30.9 Å². The minimum absolute atomic E-state index is 0.0875. The monoisotopic (exact) mass is 484 g/mol. The average Bonchev–Trinajstić information content (AvgIpc) is 3.18. The first-order valence-corrected chi connectivity index (χ1v) is 13.4. The molecule has 4 unspecified atom stereocenters. The van der Waals surface area contributed by atoms with Crippen LogP contribution in [0.3, 0.4) is 0 Å². The lowest BCUT2D eigenvalue weighted by atomic mass is 9.93. The number of ether oxygens (including phenoxy) is 1. The second-order valence-corrected chi connectivity index (χ2v) is 13.5. The minimum Gasteiger partial charge on any atom is -0.444 e. The molecule has 3 aliphatic rings. The number of alkyl halides is 1. The first kappa shape index (κ1) is 23.0. The molecule has 6 nitrogen and oxygen atoms in total. The number of sulfonamides is 1. The molecular weight excluding hydrogens is 456 g/mol. The molecule has 0 spiro atoms. The fourth-order valence-electron chi connectivity index (χ4n) is 4.72. The van der Waals surface area contributed by atoms with Crippen LogP contribution in [0.1, 0.15) is 51.2 Å². The molecule has 0 aromatic heterocycles. The van der Waals surface area contributed by atoms with Crippen molar-refractivity contribution in [3.63, 3.8) is 0 Å². The zero-order valence-electron chi connectivity index (χ0n) is 18.0. The van der Waals surface area contributed by atoms with Crippen LogP contribution in [0.4, 0.5) is 10.5 Å². The summed E-state index contributed by atoms with van der Waals surface area (Å²) in [6.07, 6.45) is 5.42. The van der Waals surface area contributed by atoms with Gasteiger partial charge in [-0.2, -0.15) is 0 Å². The van der Waals surface area contributed by atoms with Crippen molar-refractivity contribution in [2.45, 2.75) is 69.2 Å². The summed E-state index contributed by atoms with van der Waals surface area (Å²) in [5.41, 5.74) is 2.53. The Morgan fingerprint density at radius 3 is 2.45 bits per heavy atom.